The van der Waals surface area contributed by atoms with Gasteiger partial charge in [-0.25, -0.2) is 8.78 Å². The molecule has 1 aliphatic carbocycles. The minimum Gasteiger partial charge on any atom is -0.482 e. The third-order valence-electron chi connectivity index (χ3n) is 5.73. The number of morpholine rings is 1. The molecule has 31 heavy (non-hydrogen) atoms. The van der Waals surface area contributed by atoms with Crippen molar-refractivity contribution in [2.24, 2.45) is 0 Å². The van der Waals surface area contributed by atoms with Crippen LogP contribution in [0.25, 0.3) is 6.08 Å². The quantitative estimate of drug-likeness (QED) is 0.740. The average molecular weight is 426 g/mol. The smallest absolute Gasteiger partial charge is 0.289 e. The molecule has 0 aromatic heterocycles. The molecule has 1 saturated heterocycles. The average Bonchev–Trinajstić information content (AvgIpc) is 2.77. The number of nitrogens with zero attached hydrogens (tertiary/aromatic N) is 1. The lowest BCUT2D eigenvalue weighted by molar-refractivity contribution is -0.151. The molecule has 2 aromatic carbocycles. The van der Waals surface area contributed by atoms with Gasteiger partial charge in [0.2, 0.25) is 5.91 Å². The number of benzene rings is 2. The predicted molar refractivity (Wildman–Crippen MR) is 111 cm³/mol. The molecule has 2 aromatic rings. The van der Waals surface area contributed by atoms with Crippen LogP contribution in [0, 0.1) is 11.6 Å². The van der Waals surface area contributed by atoms with Crippen molar-refractivity contribution in [3.05, 3.63) is 77.1 Å². The Kier molecular flexibility index (Phi) is 6.30. The predicted octanol–water partition coefficient (Wildman–Crippen LogP) is 3.79. The zero-order valence-electron chi connectivity index (χ0n) is 17.0. The van der Waals surface area contributed by atoms with Gasteiger partial charge in [-0.1, -0.05) is 36.8 Å². The Hall–Kier alpha value is -3.22. The Morgan fingerprint density at radius 2 is 1.84 bits per heavy atom. The van der Waals surface area contributed by atoms with Gasteiger partial charge in [0.25, 0.3) is 5.91 Å². The molecule has 0 spiro atoms. The molecule has 0 radical (unpaired) electrons. The Balaban J connectivity index is 1.49. The number of ether oxygens (including phenoxy) is 1. The number of nitrogens with one attached hydrogen (secondary N) is 1. The standard InChI is InChI=1S/C24H24F2N2O3/c25-18-11-9-16(10-12-18)14-27-23(29)15-28-20-7-3-4-8-21(20)31-22(24(28)30)13-17-5-1-2-6-19(17)26/h1-2,5-6,9-13,20-21H,3-4,7-8,14-15H2,(H,27,29)/b22-13+. The van der Waals surface area contributed by atoms with Gasteiger partial charge in [-0.05, 0) is 49.1 Å². The maximum absolute atomic E-state index is 14.1. The van der Waals surface area contributed by atoms with Crippen molar-refractivity contribution in [2.75, 3.05) is 6.54 Å². The third kappa shape index (κ3) is 4.93. The minimum atomic E-state index is -0.444. The number of halogens is 2. The molecule has 2 unspecified atom stereocenters. The molecule has 1 N–H and O–H groups in total. The van der Waals surface area contributed by atoms with E-state index in [1.165, 1.54) is 24.3 Å². The highest BCUT2D eigenvalue weighted by atomic mass is 19.1. The van der Waals surface area contributed by atoms with Crippen LogP contribution in [0.4, 0.5) is 8.78 Å². The summed E-state index contributed by atoms with van der Waals surface area (Å²) in [7, 11) is 0. The Labute approximate surface area is 179 Å². The Bertz CT molecular complexity index is 991. The zero-order valence-corrected chi connectivity index (χ0v) is 17.0. The molecule has 4 rings (SSSR count). The number of carbonyl (C=O) groups excluding carboxylic acids is 2. The third-order valence-corrected chi connectivity index (χ3v) is 5.73. The van der Waals surface area contributed by atoms with Crippen LogP contribution in [0.1, 0.15) is 36.8 Å². The second-order valence-corrected chi connectivity index (χ2v) is 7.87. The molecule has 1 aliphatic heterocycles. The highest BCUT2D eigenvalue weighted by molar-refractivity contribution is 5.98. The fraction of sp³-hybridized carbons (Fsp3) is 0.333. The molecule has 162 valence electrons. The summed E-state index contributed by atoms with van der Waals surface area (Å²) in [4.78, 5) is 27.3. The maximum Gasteiger partial charge on any atom is 0.289 e. The van der Waals surface area contributed by atoms with Gasteiger partial charge < -0.3 is 15.0 Å². The normalized spacial score (nSPS) is 22.1. The van der Waals surface area contributed by atoms with Crippen molar-refractivity contribution in [1.82, 2.24) is 10.2 Å². The van der Waals surface area contributed by atoms with Crippen molar-refractivity contribution < 1.29 is 23.1 Å². The van der Waals surface area contributed by atoms with Gasteiger partial charge in [-0.2, -0.15) is 0 Å². The summed E-state index contributed by atoms with van der Waals surface area (Å²) in [5.41, 5.74) is 1.03. The highest BCUT2D eigenvalue weighted by Crippen LogP contribution is 2.33. The summed E-state index contributed by atoms with van der Waals surface area (Å²) < 4.78 is 33.1. The molecule has 2 atom stereocenters. The second-order valence-electron chi connectivity index (χ2n) is 7.87. The Morgan fingerprint density at radius 3 is 2.61 bits per heavy atom. The SMILES string of the molecule is O=C(CN1C(=O)/C(=C\c2ccccc2F)OC2CCCCC21)NCc1ccc(F)cc1. The van der Waals surface area contributed by atoms with Gasteiger partial charge in [0, 0.05) is 12.1 Å². The van der Waals surface area contributed by atoms with Gasteiger partial charge in [0.1, 0.15) is 24.3 Å². The van der Waals surface area contributed by atoms with Gasteiger partial charge in [-0.3, -0.25) is 9.59 Å². The first-order chi connectivity index (χ1) is 15.0. The van der Waals surface area contributed by atoms with E-state index in [0.717, 1.165) is 31.2 Å². The summed E-state index contributed by atoms with van der Waals surface area (Å²) in [5, 5.41) is 2.78. The summed E-state index contributed by atoms with van der Waals surface area (Å²) >= 11 is 0. The molecular weight excluding hydrogens is 402 g/mol. The summed E-state index contributed by atoms with van der Waals surface area (Å²) in [5.74, 6) is -1.45. The van der Waals surface area contributed by atoms with Crippen LogP contribution in [0.2, 0.25) is 0 Å². The molecule has 7 heteroatoms. The number of hydrogen-bond acceptors (Lipinski definition) is 3. The summed E-state index contributed by atoms with van der Waals surface area (Å²) in [6, 6.07) is 11.8. The van der Waals surface area contributed by atoms with E-state index < -0.39 is 11.7 Å². The molecular formula is C24H24F2N2O3. The lowest BCUT2D eigenvalue weighted by Gasteiger charge is -2.44. The maximum atomic E-state index is 14.1. The lowest BCUT2D eigenvalue weighted by atomic mass is 9.89. The monoisotopic (exact) mass is 426 g/mol. The largest absolute Gasteiger partial charge is 0.482 e. The molecule has 5 nitrogen and oxygen atoms in total. The Morgan fingerprint density at radius 1 is 1.10 bits per heavy atom. The van der Waals surface area contributed by atoms with E-state index >= 15 is 0 Å². The molecule has 2 amide bonds. The van der Waals surface area contributed by atoms with Crippen molar-refractivity contribution in [2.45, 2.75) is 44.4 Å². The van der Waals surface area contributed by atoms with Crippen LogP contribution < -0.4 is 5.32 Å². The lowest BCUT2D eigenvalue weighted by Crippen LogP contribution is -2.57. The highest BCUT2D eigenvalue weighted by Gasteiger charge is 2.42. The van der Waals surface area contributed by atoms with E-state index in [9.17, 15) is 18.4 Å². The van der Waals surface area contributed by atoms with E-state index in [1.807, 2.05) is 0 Å². The zero-order chi connectivity index (χ0) is 21.8. The first kappa shape index (κ1) is 21.0. The number of carbonyl (C=O) groups is 2. The van der Waals surface area contributed by atoms with Crippen LogP contribution >= 0.6 is 0 Å². The molecule has 2 fully saturated rings. The fourth-order valence-corrected chi connectivity index (χ4v) is 4.11. The van der Waals surface area contributed by atoms with Crippen LogP contribution in [0.15, 0.2) is 54.3 Å². The summed E-state index contributed by atoms with van der Waals surface area (Å²) in [6.07, 6.45) is 4.67. The van der Waals surface area contributed by atoms with Crippen LogP contribution in [0.3, 0.4) is 0 Å². The first-order valence-electron chi connectivity index (χ1n) is 10.5. The van der Waals surface area contributed by atoms with Crippen molar-refractivity contribution in [3.8, 4) is 0 Å². The topological polar surface area (TPSA) is 58.6 Å². The van der Waals surface area contributed by atoms with E-state index in [-0.39, 0.29) is 48.3 Å². The van der Waals surface area contributed by atoms with E-state index in [2.05, 4.69) is 5.32 Å². The van der Waals surface area contributed by atoms with Gasteiger partial charge in [0.15, 0.2) is 5.76 Å². The number of amides is 2. The van der Waals surface area contributed by atoms with Crippen LogP contribution in [-0.4, -0.2) is 35.4 Å². The number of fused-ring (bicyclic) bond motifs is 1. The second kappa shape index (κ2) is 9.29. The van der Waals surface area contributed by atoms with Gasteiger partial charge >= 0.3 is 0 Å². The van der Waals surface area contributed by atoms with Crippen molar-refractivity contribution >= 4 is 17.9 Å². The number of hydrogen-bond donors (Lipinski definition) is 1. The van der Waals surface area contributed by atoms with Gasteiger partial charge in [-0.15, -0.1) is 0 Å². The van der Waals surface area contributed by atoms with E-state index in [1.54, 1.807) is 35.2 Å². The fourth-order valence-electron chi connectivity index (χ4n) is 4.11. The molecule has 2 aliphatic rings. The van der Waals surface area contributed by atoms with Crippen molar-refractivity contribution in [3.63, 3.8) is 0 Å². The first-order valence-corrected chi connectivity index (χ1v) is 10.5. The summed E-state index contributed by atoms with van der Waals surface area (Å²) in [6.45, 7) is 0.128. The van der Waals surface area contributed by atoms with Crippen LogP contribution in [-0.2, 0) is 20.9 Å². The molecule has 1 saturated carbocycles. The van der Waals surface area contributed by atoms with Crippen molar-refractivity contribution in [1.29, 1.82) is 0 Å². The van der Waals surface area contributed by atoms with E-state index in [4.69, 9.17) is 4.74 Å². The van der Waals surface area contributed by atoms with E-state index in [0.29, 0.717) is 0 Å². The van der Waals surface area contributed by atoms with Crippen LogP contribution in [0.5, 0.6) is 0 Å². The van der Waals surface area contributed by atoms with Gasteiger partial charge in [0.05, 0.1) is 6.04 Å². The molecule has 0 bridgehead atoms. The number of rotatable bonds is 5. The minimum absolute atomic E-state index is 0.0552. The molecule has 1 heterocycles.